The minimum atomic E-state index is 0.0102. The summed E-state index contributed by atoms with van der Waals surface area (Å²) in [6.07, 6.45) is 4.92. The Labute approximate surface area is 185 Å². The van der Waals surface area contributed by atoms with E-state index in [2.05, 4.69) is 46.0 Å². The Morgan fingerprint density at radius 1 is 1.03 bits per heavy atom. The minimum Gasteiger partial charge on any atom is -0.352 e. The summed E-state index contributed by atoms with van der Waals surface area (Å²) in [5.74, 6) is 0.0102. The molecule has 0 radical (unpaired) electrons. The maximum Gasteiger partial charge on any atom is 0.253 e. The molecule has 3 aromatic rings. The summed E-state index contributed by atoms with van der Waals surface area (Å²) in [7, 11) is 0. The van der Waals surface area contributed by atoms with Gasteiger partial charge in [0.15, 0.2) is 0 Å². The van der Waals surface area contributed by atoms with Crippen molar-refractivity contribution in [1.82, 2.24) is 14.8 Å². The van der Waals surface area contributed by atoms with Gasteiger partial charge in [0.1, 0.15) is 0 Å². The van der Waals surface area contributed by atoms with Crippen molar-refractivity contribution in [3.63, 3.8) is 0 Å². The number of para-hydroxylation sites is 1. The van der Waals surface area contributed by atoms with E-state index in [1.807, 2.05) is 49.4 Å². The Balaban J connectivity index is 1.50. The lowest BCUT2D eigenvalue weighted by Crippen LogP contribution is -2.39. The van der Waals surface area contributed by atoms with Gasteiger partial charge in [0, 0.05) is 30.5 Å². The molecule has 2 heterocycles. The first-order chi connectivity index (χ1) is 15.1. The lowest BCUT2D eigenvalue weighted by atomic mass is 10.0. The molecule has 0 aliphatic carbocycles. The molecule has 4 heteroatoms. The van der Waals surface area contributed by atoms with E-state index in [1.165, 1.54) is 25.8 Å². The summed E-state index contributed by atoms with van der Waals surface area (Å²) in [5, 5.41) is 3.16. The van der Waals surface area contributed by atoms with Gasteiger partial charge in [-0.3, -0.25) is 4.79 Å². The van der Waals surface area contributed by atoms with Crippen LogP contribution in [0.25, 0.3) is 16.9 Å². The van der Waals surface area contributed by atoms with Crippen LogP contribution in [0.2, 0.25) is 0 Å². The lowest BCUT2D eigenvalue weighted by molar-refractivity contribution is 0.0948. The first-order valence-electron chi connectivity index (χ1n) is 11.5. The molecule has 0 saturated carbocycles. The molecule has 1 amide bonds. The Kier molecular flexibility index (Phi) is 6.88. The Morgan fingerprint density at radius 2 is 1.74 bits per heavy atom. The number of carbonyl (C=O) groups is 1. The summed E-state index contributed by atoms with van der Waals surface area (Å²) in [6.45, 7) is 7.30. The highest BCUT2D eigenvalue weighted by Gasteiger charge is 2.20. The molecule has 1 fully saturated rings. The molecule has 4 rings (SSSR count). The summed E-state index contributed by atoms with van der Waals surface area (Å²) >= 11 is 0. The van der Waals surface area contributed by atoms with Gasteiger partial charge < -0.3 is 14.8 Å². The summed E-state index contributed by atoms with van der Waals surface area (Å²) in [6, 6.07) is 23.2. The molecule has 1 saturated heterocycles. The first kappa shape index (κ1) is 21.4. The number of amides is 1. The lowest BCUT2D eigenvalue weighted by Gasteiger charge is -2.33. The number of piperidine rings is 1. The van der Waals surface area contributed by atoms with E-state index in [1.54, 1.807) is 0 Å². The van der Waals surface area contributed by atoms with E-state index in [-0.39, 0.29) is 5.91 Å². The maximum absolute atomic E-state index is 13.1. The summed E-state index contributed by atoms with van der Waals surface area (Å²) < 4.78 is 2.18. The smallest absolute Gasteiger partial charge is 0.253 e. The summed E-state index contributed by atoms with van der Waals surface area (Å²) in [5.41, 5.74) is 4.92. The van der Waals surface area contributed by atoms with Crippen LogP contribution in [0.3, 0.4) is 0 Å². The highest BCUT2D eigenvalue weighted by Crippen LogP contribution is 2.29. The van der Waals surface area contributed by atoms with Crippen LogP contribution in [0.4, 0.5) is 0 Å². The van der Waals surface area contributed by atoms with E-state index in [4.69, 9.17) is 0 Å². The Bertz CT molecular complexity index is 994. The number of hydrogen-bond donors (Lipinski definition) is 1. The van der Waals surface area contributed by atoms with Crippen LogP contribution in [0.5, 0.6) is 0 Å². The van der Waals surface area contributed by atoms with E-state index in [9.17, 15) is 4.79 Å². The number of carbonyl (C=O) groups excluding carboxylic acids is 1. The van der Waals surface area contributed by atoms with Gasteiger partial charge in [0.2, 0.25) is 0 Å². The molecule has 2 aromatic carbocycles. The van der Waals surface area contributed by atoms with Gasteiger partial charge in [-0.05, 0) is 63.4 Å². The fourth-order valence-corrected chi connectivity index (χ4v) is 4.64. The molecule has 1 aliphatic rings. The molecule has 31 heavy (non-hydrogen) atoms. The number of aromatic nitrogens is 1. The first-order valence-corrected chi connectivity index (χ1v) is 11.5. The zero-order valence-electron chi connectivity index (χ0n) is 18.7. The van der Waals surface area contributed by atoms with Crippen molar-refractivity contribution in [1.29, 1.82) is 0 Å². The van der Waals surface area contributed by atoms with Crippen LogP contribution in [0.15, 0.2) is 66.7 Å². The van der Waals surface area contributed by atoms with Crippen molar-refractivity contribution >= 4 is 5.91 Å². The number of rotatable bonds is 7. The number of nitrogens with one attached hydrogen (secondary N) is 1. The average Bonchev–Trinajstić information content (AvgIpc) is 3.16. The molecule has 0 spiro atoms. The Hall–Kier alpha value is -2.85. The van der Waals surface area contributed by atoms with Gasteiger partial charge in [-0.2, -0.15) is 0 Å². The zero-order valence-corrected chi connectivity index (χ0v) is 18.7. The topological polar surface area (TPSA) is 37.3 Å². The van der Waals surface area contributed by atoms with Gasteiger partial charge in [-0.25, -0.2) is 0 Å². The molecule has 1 N–H and O–H groups in total. The quantitative estimate of drug-likeness (QED) is 0.521. The largest absolute Gasteiger partial charge is 0.352 e. The molecule has 162 valence electrons. The van der Waals surface area contributed by atoms with Gasteiger partial charge >= 0.3 is 0 Å². The maximum atomic E-state index is 13.1. The van der Waals surface area contributed by atoms with Crippen molar-refractivity contribution in [3.05, 3.63) is 78.0 Å². The van der Waals surface area contributed by atoms with Crippen molar-refractivity contribution in [2.45, 2.75) is 45.6 Å². The zero-order chi connectivity index (χ0) is 21.6. The third kappa shape index (κ3) is 4.91. The van der Waals surface area contributed by atoms with Gasteiger partial charge in [0.25, 0.3) is 5.91 Å². The molecule has 1 aromatic heterocycles. The van der Waals surface area contributed by atoms with E-state index >= 15 is 0 Å². The van der Waals surface area contributed by atoms with Crippen LogP contribution >= 0.6 is 0 Å². The highest BCUT2D eigenvalue weighted by molar-refractivity contribution is 5.97. The molecule has 1 aliphatic heterocycles. The van der Waals surface area contributed by atoms with Gasteiger partial charge in [0.05, 0.1) is 11.3 Å². The predicted molar refractivity (Wildman–Crippen MR) is 128 cm³/mol. The average molecular weight is 416 g/mol. The van der Waals surface area contributed by atoms with Crippen LogP contribution in [-0.4, -0.2) is 41.1 Å². The van der Waals surface area contributed by atoms with E-state index < -0.39 is 0 Å². The van der Waals surface area contributed by atoms with Crippen LogP contribution < -0.4 is 5.32 Å². The highest BCUT2D eigenvalue weighted by atomic mass is 16.1. The van der Waals surface area contributed by atoms with Crippen LogP contribution in [-0.2, 0) is 0 Å². The van der Waals surface area contributed by atoms with Crippen LogP contribution in [0.1, 0.15) is 48.7 Å². The van der Waals surface area contributed by atoms with Crippen molar-refractivity contribution < 1.29 is 4.79 Å². The van der Waals surface area contributed by atoms with E-state index in [0.717, 1.165) is 41.2 Å². The fourth-order valence-electron chi connectivity index (χ4n) is 4.64. The molecular formula is C27H33N3O. The monoisotopic (exact) mass is 415 g/mol. The second-order valence-corrected chi connectivity index (χ2v) is 8.56. The molecule has 1 atom stereocenters. The second-order valence-electron chi connectivity index (χ2n) is 8.56. The molecule has 0 bridgehead atoms. The van der Waals surface area contributed by atoms with Gasteiger partial charge in [-0.15, -0.1) is 0 Å². The third-order valence-electron chi connectivity index (χ3n) is 6.42. The number of benzene rings is 2. The SMILES string of the molecule is Cc1c(C(=O)NCCCN2CCCC[C@H]2C)cc(-c2ccccc2)n1-c1ccccc1. The van der Waals surface area contributed by atoms with Crippen molar-refractivity contribution in [3.8, 4) is 16.9 Å². The summed E-state index contributed by atoms with van der Waals surface area (Å²) in [4.78, 5) is 15.6. The number of nitrogens with zero attached hydrogens (tertiary/aromatic N) is 2. The second kappa shape index (κ2) is 9.97. The minimum absolute atomic E-state index is 0.0102. The normalized spacial score (nSPS) is 16.9. The van der Waals surface area contributed by atoms with Crippen molar-refractivity contribution in [2.75, 3.05) is 19.6 Å². The predicted octanol–water partition coefficient (Wildman–Crippen LogP) is 5.45. The standard InChI is InChI=1S/C27H33N3O/c1-21-12-9-10-18-29(21)19-11-17-28-27(31)25-20-26(23-13-5-3-6-14-23)30(22(25)2)24-15-7-4-8-16-24/h3-8,13-16,20-21H,9-12,17-19H2,1-2H3,(H,28,31)/t21-/m1/s1. The molecule has 4 nitrogen and oxygen atoms in total. The van der Waals surface area contributed by atoms with E-state index in [0.29, 0.717) is 12.6 Å². The van der Waals surface area contributed by atoms with Crippen LogP contribution in [0, 0.1) is 6.92 Å². The fraction of sp³-hybridized carbons (Fsp3) is 0.370. The molecule has 0 unspecified atom stereocenters. The molecular weight excluding hydrogens is 382 g/mol. The van der Waals surface area contributed by atoms with Gasteiger partial charge in [-0.1, -0.05) is 55.0 Å². The third-order valence-corrected chi connectivity index (χ3v) is 6.42. The van der Waals surface area contributed by atoms with Crippen molar-refractivity contribution in [2.24, 2.45) is 0 Å². The number of likely N-dealkylation sites (tertiary alicyclic amines) is 1. The number of hydrogen-bond acceptors (Lipinski definition) is 2. The Morgan fingerprint density at radius 3 is 2.45 bits per heavy atom.